The third-order valence-electron chi connectivity index (χ3n) is 2.78. The van der Waals surface area contributed by atoms with Crippen molar-refractivity contribution in [1.29, 1.82) is 0 Å². The molecule has 0 aliphatic rings. The largest absolute Gasteiger partial charge is 0.478 e. The number of benzene rings is 2. The third-order valence-corrected chi connectivity index (χ3v) is 2.78. The smallest absolute Gasteiger partial charge is 0.336 e. The zero-order valence-electron chi connectivity index (χ0n) is 9.58. The fraction of sp³-hybridized carbons (Fsp3) is 0.0714. The van der Waals surface area contributed by atoms with E-state index in [2.05, 4.69) is 0 Å². The van der Waals surface area contributed by atoms with Crippen molar-refractivity contribution in [2.45, 2.75) is 6.10 Å². The van der Waals surface area contributed by atoms with Crippen molar-refractivity contribution >= 4 is 11.7 Å². The van der Waals surface area contributed by atoms with Crippen LogP contribution in [0, 0.1) is 0 Å². The number of carbonyl (C=O) groups is 1. The van der Waals surface area contributed by atoms with Crippen molar-refractivity contribution in [3.63, 3.8) is 0 Å². The zero-order chi connectivity index (χ0) is 13.1. The Balaban J connectivity index is 2.50. The van der Waals surface area contributed by atoms with Gasteiger partial charge >= 0.3 is 5.97 Å². The minimum absolute atomic E-state index is 0.0771. The molecule has 0 amide bonds. The summed E-state index contributed by atoms with van der Waals surface area (Å²) in [4.78, 5) is 11.1. The molecule has 92 valence electrons. The molecule has 0 aliphatic carbocycles. The second-order valence-corrected chi connectivity index (χ2v) is 3.92. The van der Waals surface area contributed by atoms with Gasteiger partial charge in [0.15, 0.2) is 0 Å². The van der Waals surface area contributed by atoms with E-state index >= 15 is 0 Å². The van der Waals surface area contributed by atoms with E-state index < -0.39 is 12.1 Å². The number of aromatic carboxylic acids is 1. The van der Waals surface area contributed by atoms with Crippen LogP contribution in [0.4, 0.5) is 5.69 Å². The van der Waals surface area contributed by atoms with Crippen molar-refractivity contribution in [2.75, 3.05) is 5.73 Å². The normalized spacial score (nSPS) is 12.1. The van der Waals surface area contributed by atoms with E-state index in [1.54, 1.807) is 42.5 Å². The van der Waals surface area contributed by atoms with Crippen LogP contribution in [0.5, 0.6) is 0 Å². The van der Waals surface area contributed by atoms with Crippen molar-refractivity contribution in [3.05, 3.63) is 65.2 Å². The topological polar surface area (TPSA) is 83.5 Å². The van der Waals surface area contributed by atoms with Gasteiger partial charge in [-0.25, -0.2) is 4.79 Å². The Labute approximate surface area is 104 Å². The molecule has 0 unspecified atom stereocenters. The molecule has 0 bridgehead atoms. The number of para-hydroxylation sites is 1. The highest BCUT2D eigenvalue weighted by atomic mass is 16.4. The van der Waals surface area contributed by atoms with E-state index in [4.69, 9.17) is 10.8 Å². The first-order valence-corrected chi connectivity index (χ1v) is 5.46. The number of aliphatic hydroxyl groups excluding tert-OH is 1. The average Bonchev–Trinajstić information content (AvgIpc) is 2.38. The quantitative estimate of drug-likeness (QED) is 0.720. The summed E-state index contributed by atoms with van der Waals surface area (Å²) >= 11 is 0. The number of carboxylic acids is 1. The first-order valence-electron chi connectivity index (χ1n) is 5.46. The summed E-state index contributed by atoms with van der Waals surface area (Å²) in [6.07, 6.45) is -1.04. The lowest BCUT2D eigenvalue weighted by Crippen LogP contribution is -2.09. The highest BCUT2D eigenvalue weighted by Crippen LogP contribution is 2.28. The number of hydrogen-bond acceptors (Lipinski definition) is 3. The molecule has 0 aromatic heterocycles. The molecule has 0 radical (unpaired) electrons. The van der Waals surface area contributed by atoms with Gasteiger partial charge in [0.2, 0.25) is 0 Å². The molecule has 2 rings (SSSR count). The Hall–Kier alpha value is -2.33. The van der Waals surface area contributed by atoms with Crippen LogP contribution in [0.15, 0.2) is 48.5 Å². The minimum atomic E-state index is -1.07. The molecule has 2 aromatic carbocycles. The van der Waals surface area contributed by atoms with Gasteiger partial charge in [-0.1, -0.05) is 36.4 Å². The first-order chi connectivity index (χ1) is 8.61. The van der Waals surface area contributed by atoms with Gasteiger partial charge < -0.3 is 15.9 Å². The van der Waals surface area contributed by atoms with Crippen molar-refractivity contribution in [2.24, 2.45) is 0 Å². The van der Waals surface area contributed by atoms with Crippen molar-refractivity contribution in [3.8, 4) is 0 Å². The summed E-state index contributed by atoms with van der Waals surface area (Å²) in [5, 5.41) is 19.3. The number of carboxylic acid groups (broad SMARTS) is 1. The minimum Gasteiger partial charge on any atom is -0.478 e. The summed E-state index contributed by atoms with van der Waals surface area (Å²) in [6.45, 7) is 0. The molecule has 4 N–H and O–H groups in total. The SMILES string of the molecule is Nc1ccccc1[C@@H](O)c1ccccc1C(=O)O. The van der Waals surface area contributed by atoms with Crippen LogP contribution in [0.3, 0.4) is 0 Å². The maximum absolute atomic E-state index is 11.1. The van der Waals surface area contributed by atoms with Crippen LogP contribution in [-0.2, 0) is 0 Å². The Bertz CT molecular complexity index is 581. The molecular formula is C14H13NO3. The standard InChI is InChI=1S/C14H13NO3/c15-12-8-4-3-7-11(12)13(16)9-5-1-2-6-10(9)14(17)18/h1-8,13,16H,15H2,(H,17,18)/t13-/m0/s1. The van der Waals surface area contributed by atoms with Gasteiger partial charge in [0, 0.05) is 11.3 Å². The lowest BCUT2D eigenvalue weighted by Gasteiger charge is -2.15. The molecule has 18 heavy (non-hydrogen) atoms. The summed E-state index contributed by atoms with van der Waals surface area (Å²) in [5.41, 5.74) is 7.13. The van der Waals surface area contributed by atoms with E-state index in [1.807, 2.05) is 0 Å². The van der Waals surface area contributed by atoms with Crippen LogP contribution in [0.25, 0.3) is 0 Å². The molecule has 2 aromatic rings. The summed E-state index contributed by atoms with van der Waals surface area (Å²) < 4.78 is 0. The number of hydrogen-bond donors (Lipinski definition) is 3. The number of nitrogen functional groups attached to an aromatic ring is 1. The van der Waals surface area contributed by atoms with Crippen molar-refractivity contribution in [1.82, 2.24) is 0 Å². The van der Waals surface area contributed by atoms with E-state index in [0.29, 0.717) is 16.8 Å². The molecule has 0 saturated heterocycles. The summed E-state index contributed by atoms with van der Waals surface area (Å²) in [5.74, 6) is -1.07. The van der Waals surface area contributed by atoms with Gasteiger partial charge in [-0.2, -0.15) is 0 Å². The number of rotatable bonds is 3. The monoisotopic (exact) mass is 243 g/mol. The zero-order valence-corrected chi connectivity index (χ0v) is 9.58. The van der Waals surface area contributed by atoms with Crippen LogP contribution in [0.2, 0.25) is 0 Å². The van der Waals surface area contributed by atoms with E-state index in [0.717, 1.165) is 0 Å². The molecule has 4 nitrogen and oxygen atoms in total. The maximum Gasteiger partial charge on any atom is 0.336 e. The molecule has 0 fully saturated rings. The van der Waals surface area contributed by atoms with Gasteiger partial charge in [-0.05, 0) is 17.7 Å². The Morgan fingerprint density at radius 1 is 1.00 bits per heavy atom. The fourth-order valence-corrected chi connectivity index (χ4v) is 1.86. The van der Waals surface area contributed by atoms with Crippen LogP contribution < -0.4 is 5.73 Å². The van der Waals surface area contributed by atoms with Gasteiger partial charge in [0.25, 0.3) is 0 Å². The highest BCUT2D eigenvalue weighted by molar-refractivity contribution is 5.89. The van der Waals surface area contributed by atoms with Gasteiger partial charge in [0.05, 0.1) is 5.56 Å². The first kappa shape index (κ1) is 12.1. The predicted molar refractivity (Wildman–Crippen MR) is 68.3 cm³/mol. The average molecular weight is 243 g/mol. The summed E-state index contributed by atoms with van der Waals surface area (Å²) in [7, 11) is 0. The van der Waals surface area contributed by atoms with Gasteiger partial charge in [-0.15, -0.1) is 0 Å². The third kappa shape index (κ3) is 2.19. The highest BCUT2D eigenvalue weighted by Gasteiger charge is 2.19. The Morgan fingerprint density at radius 2 is 1.56 bits per heavy atom. The van der Waals surface area contributed by atoms with Crippen LogP contribution >= 0.6 is 0 Å². The van der Waals surface area contributed by atoms with E-state index in [9.17, 15) is 9.90 Å². The molecule has 1 atom stereocenters. The van der Waals surface area contributed by atoms with Crippen molar-refractivity contribution < 1.29 is 15.0 Å². The molecule has 0 heterocycles. The molecule has 0 saturated carbocycles. The number of nitrogens with two attached hydrogens (primary N) is 1. The fourth-order valence-electron chi connectivity index (χ4n) is 1.86. The number of aliphatic hydroxyl groups is 1. The van der Waals surface area contributed by atoms with Crippen LogP contribution in [-0.4, -0.2) is 16.2 Å². The van der Waals surface area contributed by atoms with E-state index in [1.165, 1.54) is 6.07 Å². The predicted octanol–water partition coefficient (Wildman–Crippen LogP) is 2.05. The molecule has 0 aliphatic heterocycles. The van der Waals surface area contributed by atoms with Gasteiger partial charge in [-0.3, -0.25) is 0 Å². The summed E-state index contributed by atoms with van der Waals surface area (Å²) in [6, 6.07) is 13.2. The number of anilines is 1. The van der Waals surface area contributed by atoms with Gasteiger partial charge in [0.1, 0.15) is 6.10 Å². The Kier molecular flexibility index (Phi) is 3.30. The molecule has 4 heteroatoms. The molecular weight excluding hydrogens is 230 g/mol. The maximum atomic E-state index is 11.1. The van der Waals surface area contributed by atoms with E-state index in [-0.39, 0.29) is 5.56 Å². The second kappa shape index (κ2) is 4.89. The lowest BCUT2D eigenvalue weighted by molar-refractivity contribution is 0.0691. The lowest BCUT2D eigenvalue weighted by atomic mass is 9.96. The van der Waals surface area contributed by atoms with Crippen LogP contribution in [0.1, 0.15) is 27.6 Å². The Morgan fingerprint density at radius 3 is 2.17 bits per heavy atom. The second-order valence-electron chi connectivity index (χ2n) is 3.92. The molecule has 0 spiro atoms.